The second-order valence-electron chi connectivity index (χ2n) is 8.30. The quantitative estimate of drug-likeness (QED) is 0.223. The van der Waals surface area contributed by atoms with Crippen LogP contribution in [0.25, 0.3) is 27.4 Å². The van der Waals surface area contributed by atoms with E-state index in [1.54, 1.807) is 18.5 Å². The smallest absolute Gasteiger partial charge is 0.326 e. The van der Waals surface area contributed by atoms with Crippen LogP contribution >= 0.6 is 27.7 Å². The molecule has 10 heteroatoms. The molecule has 37 heavy (non-hydrogen) atoms. The lowest BCUT2D eigenvalue weighted by Gasteiger charge is -2.15. The summed E-state index contributed by atoms with van der Waals surface area (Å²) >= 11 is 4.73. The molecular weight excluding hydrogens is 554 g/mol. The minimum Gasteiger partial charge on any atom is -0.480 e. The Morgan fingerprint density at radius 3 is 2.59 bits per heavy atom. The topological polar surface area (TPSA) is 124 Å². The van der Waals surface area contributed by atoms with Gasteiger partial charge in [0.15, 0.2) is 5.16 Å². The van der Waals surface area contributed by atoms with Gasteiger partial charge in [-0.1, -0.05) is 54.2 Å². The highest BCUT2D eigenvalue weighted by molar-refractivity contribution is 9.10. The van der Waals surface area contributed by atoms with E-state index in [0.29, 0.717) is 15.3 Å². The van der Waals surface area contributed by atoms with E-state index < -0.39 is 17.9 Å². The zero-order chi connectivity index (χ0) is 25.9. The summed E-state index contributed by atoms with van der Waals surface area (Å²) in [5.74, 6) is -1.53. The molecule has 0 fully saturated rings. The van der Waals surface area contributed by atoms with Gasteiger partial charge in [-0.05, 0) is 39.7 Å². The number of carbonyl (C=O) groups is 2. The first-order valence-electron chi connectivity index (χ1n) is 11.3. The monoisotopic (exact) mass is 573 g/mol. The summed E-state index contributed by atoms with van der Waals surface area (Å²) in [6.45, 7) is 0. The molecule has 0 bridgehead atoms. The zero-order valence-electron chi connectivity index (χ0n) is 19.3. The maximum atomic E-state index is 12.8. The molecule has 1 amide bonds. The molecule has 0 saturated carbocycles. The van der Waals surface area contributed by atoms with Gasteiger partial charge in [-0.3, -0.25) is 9.36 Å². The van der Waals surface area contributed by atoms with Crippen LogP contribution in [0.1, 0.15) is 11.1 Å². The number of imidazole rings is 1. The summed E-state index contributed by atoms with van der Waals surface area (Å²) in [4.78, 5) is 32.3. The van der Waals surface area contributed by atoms with Crippen molar-refractivity contribution in [3.05, 3.63) is 88.8 Å². The number of H-pyrrole nitrogens is 1. The molecule has 0 aliphatic carbocycles. The summed E-state index contributed by atoms with van der Waals surface area (Å²) < 4.78 is 2.55. The SMILES string of the molecule is N#Cc1ccc(-n2c(Br)cnc2SCC(=O)NC(Cc2c[nH]c3ccccc23)C(=O)O)c2ccccc12. The van der Waals surface area contributed by atoms with Crippen LogP contribution in [0.15, 0.2) is 82.8 Å². The van der Waals surface area contributed by atoms with E-state index in [9.17, 15) is 20.0 Å². The minimum atomic E-state index is -1.10. The van der Waals surface area contributed by atoms with E-state index in [-0.39, 0.29) is 12.2 Å². The number of carbonyl (C=O) groups excluding carboxylic acids is 1. The molecule has 0 spiro atoms. The molecule has 0 saturated heterocycles. The van der Waals surface area contributed by atoms with Gasteiger partial charge in [0.2, 0.25) is 5.91 Å². The van der Waals surface area contributed by atoms with Crippen molar-refractivity contribution in [3.63, 3.8) is 0 Å². The van der Waals surface area contributed by atoms with E-state index in [0.717, 1.165) is 32.9 Å². The lowest BCUT2D eigenvalue weighted by atomic mass is 10.0. The number of carboxylic acid groups (broad SMARTS) is 1. The van der Waals surface area contributed by atoms with Gasteiger partial charge in [-0.25, -0.2) is 9.78 Å². The van der Waals surface area contributed by atoms with E-state index >= 15 is 0 Å². The molecule has 3 aromatic carbocycles. The standard InChI is InChI=1S/C27H20BrN5O3S/c28-24-14-31-27(33(24)23-10-9-16(12-29)18-5-1-2-7-20(18)23)37-15-25(34)32-22(26(35)36)11-17-13-30-21-8-4-3-6-19(17)21/h1-10,13-14,22,30H,11,15H2,(H,32,34)(H,35,36). The number of carboxylic acids is 1. The fourth-order valence-electron chi connectivity index (χ4n) is 4.30. The lowest BCUT2D eigenvalue weighted by Crippen LogP contribution is -2.43. The Labute approximate surface area is 224 Å². The van der Waals surface area contributed by atoms with Crippen molar-refractivity contribution in [2.24, 2.45) is 0 Å². The zero-order valence-corrected chi connectivity index (χ0v) is 21.7. The van der Waals surface area contributed by atoms with Crippen LogP contribution in [0, 0.1) is 11.3 Å². The third-order valence-corrected chi connectivity index (χ3v) is 7.53. The number of nitrogens with zero attached hydrogens (tertiary/aromatic N) is 3. The molecule has 184 valence electrons. The number of hydrogen-bond acceptors (Lipinski definition) is 5. The maximum Gasteiger partial charge on any atom is 0.326 e. The van der Waals surface area contributed by atoms with E-state index in [1.807, 2.05) is 59.2 Å². The first-order chi connectivity index (χ1) is 18.0. The molecule has 0 aliphatic rings. The maximum absolute atomic E-state index is 12.8. The number of amides is 1. The van der Waals surface area contributed by atoms with Gasteiger partial charge >= 0.3 is 5.97 Å². The number of hydrogen-bond donors (Lipinski definition) is 3. The van der Waals surface area contributed by atoms with Crippen LogP contribution in [0.2, 0.25) is 0 Å². The predicted molar refractivity (Wildman–Crippen MR) is 146 cm³/mol. The van der Waals surface area contributed by atoms with Crippen LogP contribution in [-0.4, -0.2) is 43.3 Å². The Kier molecular flexibility index (Phi) is 6.99. The van der Waals surface area contributed by atoms with Crippen molar-refractivity contribution in [1.82, 2.24) is 19.9 Å². The number of aromatic nitrogens is 3. The number of para-hydroxylation sites is 1. The summed E-state index contributed by atoms with van der Waals surface area (Å²) in [6, 6.07) is 20.0. The summed E-state index contributed by atoms with van der Waals surface area (Å²) in [6.07, 6.45) is 3.58. The first kappa shape index (κ1) is 24.6. The minimum absolute atomic E-state index is 0.0185. The molecule has 1 unspecified atom stereocenters. The number of nitrogens with one attached hydrogen (secondary N) is 2. The van der Waals surface area contributed by atoms with Crippen molar-refractivity contribution >= 4 is 61.2 Å². The lowest BCUT2D eigenvalue weighted by molar-refractivity contribution is -0.141. The second kappa shape index (κ2) is 10.5. The van der Waals surface area contributed by atoms with Crippen LogP contribution in [0.3, 0.4) is 0 Å². The highest BCUT2D eigenvalue weighted by atomic mass is 79.9. The van der Waals surface area contributed by atoms with Crippen molar-refractivity contribution in [2.45, 2.75) is 17.6 Å². The van der Waals surface area contributed by atoms with Gasteiger partial charge in [0.25, 0.3) is 0 Å². The molecule has 8 nitrogen and oxygen atoms in total. The fourth-order valence-corrected chi connectivity index (χ4v) is 5.67. The Bertz CT molecular complexity index is 1690. The third kappa shape index (κ3) is 4.96. The van der Waals surface area contributed by atoms with Gasteiger partial charge < -0.3 is 15.4 Å². The number of halogens is 1. The van der Waals surface area contributed by atoms with E-state index in [4.69, 9.17) is 0 Å². The number of rotatable bonds is 8. The highest BCUT2D eigenvalue weighted by Crippen LogP contribution is 2.32. The number of benzene rings is 3. The average molecular weight is 574 g/mol. The van der Waals surface area contributed by atoms with Gasteiger partial charge in [0.1, 0.15) is 10.6 Å². The van der Waals surface area contributed by atoms with Gasteiger partial charge in [-0.15, -0.1) is 0 Å². The molecular formula is C27H20BrN5O3S. The average Bonchev–Trinajstić information content (AvgIpc) is 3.49. The molecule has 5 rings (SSSR count). The Morgan fingerprint density at radius 1 is 1.11 bits per heavy atom. The van der Waals surface area contributed by atoms with Gasteiger partial charge in [0, 0.05) is 34.3 Å². The summed E-state index contributed by atoms with van der Waals surface area (Å²) in [5.41, 5.74) is 3.11. The largest absolute Gasteiger partial charge is 0.480 e. The fraction of sp³-hybridized carbons (Fsp3) is 0.111. The molecule has 5 aromatic rings. The molecule has 0 radical (unpaired) electrons. The molecule has 2 heterocycles. The number of fused-ring (bicyclic) bond motifs is 2. The number of thioether (sulfide) groups is 1. The van der Waals surface area contributed by atoms with E-state index in [2.05, 4.69) is 37.3 Å². The Morgan fingerprint density at radius 2 is 1.84 bits per heavy atom. The molecule has 3 N–H and O–H groups in total. The van der Waals surface area contributed by atoms with Crippen molar-refractivity contribution < 1.29 is 14.7 Å². The third-order valence-electron chi connectivity index (χ3n) is 6.01. The van der Waals surface area contributed by atoms with Crippen molar-refractivity contribution in [2.75, 3.05) is 5.75 Å². The van der Waals surface area contributed by atoms with E-state index in [1.165, 1.54) is 11.8 Å². The number of nitriles is 1. The molecule has 2 aromatic heterocycles. The second-order valence-corrected chi connectivity index (χ2v) is 10.1. The number of aliphatic carboxylic acids is 1. The van der Waals surface area contributed by atoms with Gasteiger partial charge in [-0.2, -0.15) is 5.26 Å². The van der Waals surface area contributed by atoms with Crippen LogP contribution in [-0.2, 0) is 16.0 Å². The van der Waals surface area contributed by atoms with Crippen molar-refractivity contribution in [3.8, 4) is 11.8 Å². The first-order valence-corrected chi connectivity index (χ1v) is 13.1. The molecule has 0 aliphatic heterocycles. The highest BCUT2D eigenvalue weighted by Gasteiger charge is 2.23. The molecule has 1 atom stereocenters. The predicted octanol–water partition coefficient (Wildman–Crippen LogP) is 5.05. The van der Waals surface area contributed by atoms with Gasteiger partial charge in [0.05, 0.1) is 29.3 Å². The van der Waals surface area contributed by atoms with Crippen LogP contribution in [0.4, 0.5) is 0 Å². The number of aromatic amines is 1. The Hall–Kier alpha value is -4.07. The summed E-state index contributed by atoms with van der Waals surface area (Å²) in [7, 11) is 0. The Balaban J connectivity index is 1.33. The van der Waals surface area contributed by atoms with Crippen LogP contribution in [0.5, 0.6) is 0 Å². The van der Waals surface area contributed by atoms with Crippen molar-refractivity contribution in [1.29, 1.82) is 5.26 Å². The van der Waals surface area contributed by atoms with Crippen LogP contribution < -0.4 is 5.32 Å². The normalized spacial score (nSPS) is 11.9. The summed E-state index contributed by atoms with van der Waals surface area (Å²) in [5, 5.41) is 25.0.